The lowest BCUT2D eigenvalue weighted by atomic mass is 10.0. The van der Waals surface area contributed by atoms with Crippen molar-refractivity contribution in [1.82, 2.24) is 0 Å². The van der Waals surface area contributed by atoms with Crippen LogP contribution in [0.5, 0.6) is 0 Å². The Labute approximate surface area is 78.1 Å². The molecule has 1 radical (unpaired) electrons. The van der Waals surface area contributed by atoms with Gasteiger partial charge in [0.2, 0.25) is 0 Å². The molecule has 0 aromatic rings. The Kier molecular flexibility index (Phi) is 9.33. The molecule has 2 nitrogen and oxygen atoms in total. The highest BCUT2D eigenvalue weighted by Crippen LogP contribution is 2.15. The van der Waals surface area contributed by atoms with E-state index in [1.165, 1.54) is 38.5 Å². The van der Waals surface area contributed by atoms with Crippen LogP contribution in [0.4, 0.5) is 0 Å². The quantitative estimate of drug-likeness (QED) is 0.622. The predicted molar refractivity (Wildman–Crippen MR) is 53.3 cm³/mol. The highest BCUT2D eigenvalue weighted by Gasteiger charge is 1.97. The first-order valence-electron chi connectivity index (χ1n) is 4.72. The number of hydrogen-bond acceptors (Lipinski definition) is 2. The molecule has 0 N–H and O–H groups in total. The molecule has 1 rings (SSSR count). The van der Waals surface area contributed by atoms with Crippen LogP contribution in [0.3, 0.4) is 0 Å². The summed E-state index contributed by atoms with van der Waals surface area (Å²) < 4.78 is 9.56. The van der Waals surface area contributed by atoms with Gasteiger partial charge in [0.15, 0.2) is 0 Å². The van der Waals surface area contributed by atoms with E-state index in [0.717, 1.165) is 0 Å². The summed E-state index contributed by atoms with van der Waals surface area (Å²) >= 11 is 0. The molecule has 0 saturated heterocycles. The van der Waals surface area contributed by atoms with E-state index in [4.69, 9.17) is 8.85 Å². The molecule has 0 atom stereocenters. The van der Waals surface area contributed by atoms with Crippen molar-refractivity contribution in [3.8, 4) is 0 Å². The third kappa shape index (κ3) is 8.24. The van der Waals surface area contributed by atoms with E-state index >= 15 is 0 Å². The third-order valence-corrected chi connectivity index (χ3v) is 3.22. The first-order valence-corrected chi connectivity index (χ1v) is 6.54. The SMILES string of the molecule is C1CCCCC1.CO[Si](C)OC. The maximum absolute atomic E-state index is 4.78. The van der Waals surface area contributed by atoms with Gasteiger partial charge in [0.05, 0.1) is 0 Å². The minimum absolute atomic E-state index is 0.868. The lowest BCUT2D eigenvalue weighted by Gasteiger charge is -2.05. The molecule has 1 aliphatic carbocycles. The van der Waals surface area contributed by atoms with Gasteiger partial charge in [0.1, 0.15) is 0 Å². The Balaban J connectivity index is 0.000000202. The molecule has 0 spiro atoms. The molecule has 0 amide bonds. The van der Waals surface area contributed by atoms with Crippen molar-refractivity contribution < 1.29 is 8.85 Å². The average molecular weight is 189 g/mol. The van der Waals surface area contributed by atoms with Crippen molar-refractivity contribution in [2.45, 2.75) is 45.1 Å². The van der Waals surface area contributed by atoms with Crippen LogP contribution < -0.4 is 0 Å². The molecule has 1 aliphatic rings. The zero-order chi connectivity index (χ0) is 9.23. The molecule has 3 heteroatoms. The van der Waals surface area contributed by atoms with Crippen LogP contribution in [0, 0.1) is 0 Å². The van der Waals surface area contributed by atoms with Gasteiger partial charge in [-0.3, -0.25) is 0 Å². The first-order chi connectivity index (χ1) is 5.81. The molecular formula is C9H21O2Si. The van der Waals surface area contributed by atoms with Gasteiger partial charge in [-0.25, -0.2) is 0 Å². The average Bonchev–Trinajstić information content (AvgIpc) is 2.20. The van der Waals surface area contributed by atoms with Crippen molar-refractivity contribution >= 4 is 9.28 Å². The molecule has 12 heavy (non-hydrogen) atoms. The highest BCUT2D eigenvalue weighted by molar-refractivity contribution is 6.42. The molecule has 0 aromatic heterocycles. The largest absolute Gasteiger partial charge is 0.397 e. The van der Waals surface area contributed by atoms with E-state index in [9.17, 15) is 0 Å². The second kappa shape index (κ2) is 9.23. The van der Waals surface area contributed by atoms with Crippen molar-refractivity contribution in [1.29, 1.82) is 0 Å². The summed E-state index contributed by atoms with van der Waals surface area (Å²) in [6, 6.07) is 0. The molecule has 0 heterocycles. The van der Waals surface area contributed by atoms with Crippen LogP contribution >= 0.6 is 0 Å². The molecule has 1 saturated carbocycles. The fourth-order valence-electron chi connectivity index (χ4n) is 1.14. The van der Waals surface area contributed by atoms with Crippen molar-refractivity contribution in [2.75, 3.05) is 14.2 Å². The van der Waals surface area contributed by atoms with Crippen LogP contribution in [-0.4, -0.2) is 23.5 Å². The van der Waals surface area contributed by atoms with Gasteiger partial charge in [-0.2, -0.15) is 0 Å². The molecule has 0 bridgehead atoms. The lowest BCUT2D eigenvalue weighted by Crippen LogP contribution is -2.12. The summed E-state index contributed by atoms with van der Waals surface area (Å²) in [5.74, 6) is 0. The summed E-state index contributed by atoms with van der Waals surface area (Å²) in [6.07, 6.45) is 9.00. The predicted octanol–water partition coefficient (Wildman–Crippen LogP) is 2.74. The fourth-order valence-corrected chi connectivity index (χ4v) is 1.31. The Morgan fingerprint density at radius 2 is 1.00 bits per heavy atom. The van der Waals surface area contributed by atoms with Crippen molar-refractivity contribution in [3.63, 3.8) is 0 Å². The van der Waals surface area contributed by atoms with Gasteiger partial charge >= 0.3 is 9.28 Å². The van der Waals surface area contributed by atoms with Gasteiger partial charge < -0.3 is 8.85 Å². The van der Waals surface area contributed by atoms with E-state index in [2.05, 4.69) is 0 Å². The van der Waals surface area contributed by atoms with Gasteiger partial charge in [-0.05, 0) is 6.55 Å². The Morgan fingerprint density at radius 3 is 1.08 bits per heavy atom. The van der Waals surface area contributed by atoms with E-state index in [0.29, 0.717) is 0 Å². The fraction of sp³-hybridized carbons (Fsp3) is 1.00. The number of hydrogen-bond donors (Lipinski definition) is 0. The summed E-state index contributed by atoms with van der Waals surface area (Å²) in [7, 11) is 2.43. The smallest absolute Gasteiger partial charge is 0.380 e. The topological polar surface area (TPSA) is 18.5 Å². The minimum atomic E-state index is -0.868. The zero-order valence-electron chi connectivity index (χ0n) is 8.56. The molecular weight excluding hydrogens is 168 g/mol. The highest BCUT2D eigenvalue weighted by atomic mass is 28.3. The van der Waals surface area contributed by atoms with Gasteiger partial charge in [-0.15, -0.1) is 0 Å². The summed E-state index contributed by atoms with van der Waals surface area (Å²) in [6.45, 7) is 1.94. The standard InChI is InChI=1S/C6H12.C3H9O2Si/c1-2-4-6-5-3-1;1-4-6(3)5-2/h1-6H2;1-3H3. The van der Waals surface area contributed by atoms with Crippen LogP contribution in [-0.2, 0) is 8.85 Å². The van der Waals surface area contributed by atoms with Crippen LogP contribution in [0.1, 0.15) is 38.5 Å². The maximum Gasteiger partial charge on any atom is 0.380 e. The third-order valence-electron chi connectivity index (χ3n) is 2.07. The van der Waals surface area contributed by atoms with Crippen LogP contribution in [0.2, 0.25) is 6.55 Å². The summed E-state index contributed by atoms with van der Waals surface area (Å²) in [4.78, 5) is 0. The zero-order valence-corrected chi connectivity index (χ0v) is 9.56. The molecule has 0 aliphatic heterocycles. The molecule has 0 aromatic carbocycles. The monoisotopic (exact) mass is 189 g/mol. The number of rotatable bonds is 2. The first kappa shape index (κ1) is 12.1. The molecule has 1 fully saturated rings. The molecule has 73 valence electrons. The normalized spacial score (nSPS) is 17.0. The maximum atomic E-state index is 4.78. The Morgan fingerprint density at radius 1 is 0.750 bits per heavy atom. The lowest BCUT2D eigenvalue weighted by molar-refractivity contribution is 0.285. The van der Waals surface area contributed by atoms with E-state index < -0.39 is 9.28 Å². The second-order valence-corrected chi connectivity index (χ2v) is 4.82. The van der Waals surface area contributed by atoms with Gasteiger partial charge in [0, 0.05) is 14.2 Å². The minimum Gasteiger partial charge on any atom is -0.397 e. The second-order valence-electron chi connectivity index (χ2n) is 3.02. The van der Waals surface area contributed by atoms with Gasteiger partial charge in [-0.1, -0.05) is 38.5 Å². The summed E-state index contributed by atoms with van der Waals surface area (Å²) in [5, 5.41) is 0. The van der Waals surface area contributed by atoms with Gasteiger partial charge in [0.25, 0.3) is 0 Å². The van der Waals surface area contributed by atoms with Crippen LogP contribution in [0.25, 0.3) is 0 Å². The van der Waals surface area contributed by atoms with E-state index in [-0.39, 0.29) is 0 Å². The van der Waals surface area contributed by atoms with E-state index in [1.54, 1.807) is 14.2 Å². The Hall–Kier alpha value is 0.137. The van der Waals surface area contributed by atoms with Crippen molar-refractivity contribution in [2.24, 2.45) is 0 Å². The van der Waals surface area contributed by atoms with Crippen LogP contribution in [0.15, 0.2) is 0 Å². The van der Waals surface area contributed by atoms with E-state index in [1.807, 2.05) is 6.55 Å². The Bertz CT molecular complexity index is 69.1. The molecule has 0 unspecified atom stereocenters. The van der Waals surface area contributed by atoms with Crippen molar-refractivity contribution in [3.05, 3.63) is 0 Å². The summed E-state index contributed by atoms with van der Waals surface area (Å²) in [5.41, 5.74) is 0.